The van der Waals surface area contributed by atoms with Crippen LogP contribution in [-0.4, -0.2) is 16.1 Å². The number of carboxylic acids is 1. The van der Waals surface area contributed by atoms with E-state index in [4.69, 9.17) is 16.1 Å². The number of carboxylic acid groups (broad SMARTS) is 1. The van der Waals surface area contributed by atoms with Crippen LogP contribution in [-0.2, 0) is 11.2 Å². The van der Waals surface area contributed by atoms with Crippen molar-refractivity contribution in [2.75, 3.05) is 0 Å². The van der Waals surface area contributed by atoms with E-state index >= 15 is 0 Å². The summed E-state index contributed by atoms with van der Waals surface area (Å²) >= 11 is 1.24. The minimum atomic E-state index is -1.12. The number of aromatic nitrogens is 1. The predicted octanol–water partition coefficient (Wildman–Crippen LogP) is 0.294. The first-order chi connectivity index (χ1) is 6.15. The molecule has 1 heterocycles. The Morgan fingerprint density at radius 1 is 1.92 bits per heavy atom. The molecule has 1 rings (SSSR count). The summed E-state index contributed by atoms with van der Waals surface area (Å²) in [5, 5.41) is 19.0. The molecule has 1 aromatic heterocycles. The molecule has 1 atom stereocenters. The number of rotatable bonds is 3. The second-order valence-corrected chi connectivity index (χ2v) is 3.26. The van der Waals surface area contributed by atoms with E-state index in [1.165, 1.54) is 11.3 Å². The lowest BCUT2D eigenvalue weighted by Crippen LogP contribution is -2.20. The monoisotopic (exact) mass is 197 g/mol. The molecule has 0 saturated carbocycles. The molecule has 0 saturated heterocycles. The lowest BCUT2D eigenvalue weighted by Gasteiger charge is -1.99. The Morgan fingerprint density at radius 3 is 3.15 bits per heavy atom. The van der Waals surface area contributed by atoms with E-state index in [1.807, 2.05) is 6.07 Å². The summed E-state index contributed by atoms with van der Waals surface area (Å²) in [6.45, 7) is 0. The first kappa shape index (κ1) is 9.64. The zero-order chi connectivity index (χ0) is 9.84. The Hall–Kier alpha value is -1.45. The van der Waals surface area contributed by atoms with Crippen LogP contribution >= 0.6 is 11.3 Å². The van der Waals surface area contributed by atoms with Crippen LogP contribution in [0.4, 0.5) is 0 Å². The summed E-state index contributed by atoms with van der Waals surface area (Å²) in [4.78, 5) is 14.4. The lowest BCUT2D eigenvalue weighted by molar-refractivity contribution is -0.138. The molecule has 0 spiro atoms. The molecule has 0 aliphatic heterocycles. The van der Waals surface area contributed by atoms with Gasteiger partial charge in [0.1, 0.15) is 11.0 Å². The Kier molecular flexibility index (Phi) is 2.95. The van der Waals surface area contributed by atoms with Crippen molar-refractivity contribution in [3.05, 3.63) is 16.1 Å². The number of aliphatic carboxylic acids is 1. The topological polar surface area (TPSA) is 100 Å². The summed E-state index contributed by atoms with van der Waals surface area (Å²) in [7, 11) is 0. The third kappa shape index (κ3) is 2.24. The average Bonchev–Trinajstić information content (AvgIpc) is 2.52. The van der Waals surface area contributed by atoms with Crippen molar-refractivity contribution in [3.63, 3.8) is 0 Å². The van der Waals surface area contributed by atoms with E-state index < -0.39 is 12.0 Å². The fraction of sp³-hybridized carbons (Fsp3) is 0.286. The van der Waals surface area contributed by atoms with Gasteiger partial charge in [-0.2, -0.15) is 5.26 Å². The van der Waals surface area contributed by atoms with Crippen LogP contribution in [0.1, 0.15) is 16.7 Å². The zero-order valence-corrected chi connectivity index (χ0v) is 7.41. The van der Waals surface area contributed by atoms with Crippen LogP contribution in [0.3, 0.4) is 0 Å². The standard InChI is InChI=1S/C7H7N3O2S/c8-2-1-5-10-4(3-13-5)6(9)7(11)12/h3,6H,1,9H2,(H,11,12). The van der Waals surface area contributed by atoms with E-state index in [2.05, 4.69) is 4.98 Å². The van der Waals surface area contributed by atoms with Crippen LogP contribution in [0.15, 0.2) is 5.38 Å². The normalized spacial score (nSPS) is 12.0. The largest absolute Gasteiger partial charge is 0.480 e. The molecule has 0 aromatic carbocycles. The second-order valence-electron chi connectivity index (χ2n) is 2.32. The van der Waals surface area contributed by atoms with Gasteiger partial charge in [-0.3, -0.25) is 4.79 Å². The molecular weight excluding hydrogens is 190 g/mol. The van der Waals surface area contributed by atoms with Gasteiger partial charge in [-0.15, -0.1) is 11.3 Å². The molecule has 0 amide bonds. The second kappa shape index (κ2) is 3.98. The molecule has 68 valence electrons. The number of nitrogens with zero attached hydrogens (tertiary/aromatic N) is 2. The molecule has 6 heteroatoms. The fourth-order valence-electron chi connectivity index (χ4n) is 0.743. The van der Waals surface area contributed by atoms with Gasteiger partial charge in [-0.05, 0) is 0 Å². The van der Waals surface area contributed by atoms with Crippen LogP contribution in [0.5, 0.6) is 0 Å². The quantitative estimate of drug-likeness (QED) is 0.725. The number of carbonyl (C=O) groups is 1. The Bertz CT molecular complexity index is 355. The first-order valence-corrected chi connectivity index (χ1v) is 4.32. The van der Waals surface area contributed by atoms with Crippen molar-refractivity contribution >= 4 is 17.3 Å². The van der Waals surface area contributed by atoms with Crippen molar-refractivity contribution in [2.24, 2.45) is 5.73 Å². The number of hydrogen-bond donors (Lipinski definition) is 2. The molecule has 1 aromatic rings. The average molecular weight is 197 g/mol. The van der Waals surface area contributed by atoms with Gasteiger partial charge in [0, 0.05) is 5.38 Å². The zero-order valence-electron chi connectivity index (χ0n) is 6.60. The van der Waals surface area contributed by atoms with E-state index in [0.29, 0.717) is 10.7 Å². The minimum absolute atomic E-state index is 0.191. The van der Waals surface area contributed by atoms with E-state index in [9.17, 15) is 4.79 Å². The lowest BCUT2D eigenvalue weighted by atomic mass is 10.2. The van der Waals surface area contributed by atoms with Crippen molar-refractivity contribution in [1.29, 1.82) is 5.26 Å². The van der Waals surface area contributed by atoms with E-state index in [1.54, 1.807) is 5.38 Å². The maximum Gasteiger partial charge on any atom is 0.326 e. The summed E-state index contributed by atoms with van der Waals surface area (Å²) in [5.41, 5.74) is 5.62. The Labute approximate surface area is 78.4 Å². The molecule has 5 nitrogen and oxygen atoms in total. The minimum Gasteiger partial charge on any atom is -0.480 e. The SMILES string of the molecule is N#CCc1nc(C(N)C(=O)O)cs1. The predicted molar refractivity (Wildman–Crippen MR) is 46.0 cm³/mol. The number of thiazole rings is 1. The highest BCUT2D eigenvalue weighted by Crippen LogP contribution is 2.15. The number of nitriles is 1. The van der Waals surface area contributed by atoms with Crippen molar-refractivity contribution in [3.8, 4) is 6.07 Å². The Morgan fingerprint density at radius 2 is 2.62 bits per heavy atom. The fourth-order valence-corrected chi connectivity index (χ4v) is 1.51. The van der Waals surface area contributed by atoms with E-state index in [0.717, 1.165) is 0 Å². The summed E-state index contributed by atoms with van der Waals surface area (Å²) in [5.74, 6) is -1.12. The van der Waals surface area contributed by atoms with Gasteiger partial charge in [-0.25, -0.2) is 4.98 Å². The summed E-state index contributed by atoms with van der Waals surface area (Å²) < 4.78 is 0. The smallest absolute Gasteiger partial charge is 0.326 e. The maximum absolute atomic E-state index is 10.4. The highest BCUT2D eigenvalue weighted by Gasteiger charge is 2.17. The first-order valence-electron chi connectivity index (χ1n) is 3.44. The molecule has 0 bridgehead atoms. The molecule has 1 unspecified atom stereocenters. The van der Waals surface area contributed by atoms with Gasteiger partial charge in [-0.1, -0.05) is 0 Å². The molecular formula is C7H7N3O2S. The summed E-state index contributed by atoms with van der Waals surface area (Å²) in [6.07, 6.45) is 0.191. The third-order valence-electron chi connectivity index (χ3n) is 1.38. The van der Waals surface area contributed by atoms with Gasteiger partial charge in [0.15, 0.2) is 0 Å². The van der Waals surface area contributed by atoms with Crippen LogP contribution in [0.2, 0.25) is 0 Å². The van der Waals surface area contributed by atoms with Gasteiger partial charge < -0.3 is 10.8 Å². The molecule has 0 aliphatic carbocycles. The number of nitrogens with two attached hydrogens (primary N) is 1. The van der Waals surface area contributed by atoms with Crippen molar-refractivity contribution in [2.45, 2.75) is 12.5 Å². The van der Waals surface area contributed by atoms with Gasteiger partial charge in [0.2, 0.25) is 0 Å². The molecule has 0 fully saturated rings. The molecule has 3 N–H and O–H groups in total. The van der Waals surface area contributed by atoms with E-state index in [-0.39, 0.29) is 6.42 Å². The maximum atomic E-state index is 10.4. The van der Waals surface area contributed by atoms with Gasteiger partial charge in [0.25, 0.3) is 0 Å². The molecule has 13 heavy (non-hydrogen) atoms. The number of hydrogen-bond acceptors (Lipinski definition) is 5. The van der Waals surface area contributed by atoms with Crippen LogP contribution in [0, 0.1) is 11.3 Å². The third-order valence-corrected chi connectivity index (χ3v) is 2.25. The van der Waals surface area contributed by atoms with Crippen LogP contribution in [0.25, 0.3) is 0 Å². The molecule has 0 aliphatic rings. The van der Waals surface area contributed by atoms with Crippen molar-refractivity contribution < 1.29 is 9.90 Å². The summed E-state index contributed by atoms with van der Waals surface area (Å²) in [6, 6.07) is 0.831. The Balaban J connectivity index is 2.80. The highest BCUT2D eigenvalue weighted by atomic mass is 32.1. The van der Waals surface area contributed by atoms with Crippen LogP contribution < -0.4 is 5.73 Å². The van der Waals surface area contributed by atoms with Gasteiger partial charge in [0.05, 0.1) is 18.2 Å². The van der Waals surface area contributed by atoms with Gasteiger partial charge >= 0.3 is 5.97 Å². The molecule has 0 radical (unpaired) electrons. The highest BCUT2D eigenvalue weighted by molar-refractivity contribution is 7.09. The van der Waals surface area contributed by atoms with Crippen molar-refractivity contribution in [1.82, 2.24) is 4.98 Å².